The van der Waals surface area contributed by atoms with Gasteiger partial charge in [0.25, 0.3) is 10.0 Å². The molecule has 0 fully saturated rings. The maximum atomic E-state index is 12.5. The summed E-state index contributed by atoms with van der Waals surface area (Å²) in [5, 5.41) is 18.6. The lowest BCUT2D eigenvalue weighted by Gasteiger charge is -2.08. The van der Waals surface area contributed by atoms with Crippen LogP contribution in [0, 0.1) is 6.92 Å². The fraction of sp³-hybridized carbons (Fsp3) is 0.0476. The van der Waals surface area contributed by atoms with Crippen molar-refractivity contribution in [3.05, 3.63) is 83.0 Å². The van der Waals surface area contributed by atoms with Crippen molar-refractivity contribution in [3.8, 4) is 5.75 Å². The molecule has 0 aliphatic carbocycles. The Hall–Kier alpha value is -3.65. The van der Waals surface area contributed by atoms with Crippen LogP contribution in [0.15, 0.2) is 65.7 Å². The number of aryl methyl sites for hydroxylation is 1. The van der Waals surface area contributed by atoms with Crippen LogP contribution in [-0.2, 0) is 10.0 Å². The lowest BCUT2D eigenvalue weighted by atomic mass is 10.1. The number of nitrogens with one attached hydrogen (secondary N) is 1. The highest BCUT2D eigenvalue weighted by molar-refractivity contribution is 7.92. The number of hydrogen-bond acceptors (Lipinski definition) is 5. The molecular formula is C21H18N2O5S. The first-order valence-corrected chi connectivity index (χ1v) is 10.0. The number of carboxylic acids is 1. The van der Waals surface area contributed by atoms with E-state index in [0.717, 1.165) is 11.1 Å². The summed E-state index contributed by atoms with van der Waals surface area (Å²) < 4.78 is 27.4. The molecule has 8 heteroatoms. The Labute approximate surface area is 168 Å². The molecule has 0 aliphatic heterocycles. The Balaban J connectivity index is 1.77. The minimum Gasteiger partial charge on any atom is -0.507 e. The number of carboxylic acid groups (broad SMARTS) is 1. The van der Waals surface area contributed by atoms with E-state index in [0.29, 0.717) is 5.56 Å². The minimum atomic E-state index is -3.76. The van der Waals surface area contributed by atoms with Crippen molar-refractivity contribution in [3.63, 3.8) is 0 Å². The van der Waals surface area contributed by atoms with Gasteiger partial charge >= 0.3 is 5.97 Å². The lowest BCUT2D eigenvalue weighted by molar-refractivity contribution is 0.0693. The van der Waals surface area contributed by atoms with E-state index in [9.17, 15) is 18.3 Å². The first-order chi connectivity index (χ1) is 13.7. The maximum Gasteiger partial charge on any atom is 0.339 e. The fourth-order valence-electron chi connectivity index (χ4n) is 2.57. The van der Waals surface area contributed by atoms with E-state index in [2.05, 4.69) is 9.71 Å². The van der Waals surface area contributed by atoms with Crippen LogP contribution in [0.2, 0.25) is 0 Å². The second-order valence-corrected chi connectivity index (χ2v) is 7.99. The monoisotopic (exact) mass is 410 g/mol. The van der Waals surface area contributed by atoms with E-state index in [1.165, 1.54) is 30.5 Å². The van der Waals surface area contributed by atoms with Gasteiger partial charge in [-0.05, 0) is 60.0 Å². The summed E-state index contributed by atoms with van der Waals surface area (Å²) in [6.07, 6.45) is 4.91. The SMILES string of the molecule is Cc1ccnc(NS(=O)(=O)c2ccc(C=Cc3ccc(O)c(C(=O)O)c3)cc2)c1. The van der Waals surface area contributed by atoms with Gasteiger partial charge in [0.15, 0.2) is 0 Å². The summed E-state index contributed by atoms with van der Waals surface area (Å²) in [6, 6.07) is 13.9. The number of nitrogens with zero attached hydrogens (tertiary/aromatic N) is 1. The Morgan fingerprint density at radius 1 is 1.00 bits per heavy atom. The quantitative estimate of drug-likeness (QED) is 0.533. The number of pyridine rings is 1. The number of carbonyl (C=O) groups is 1. The van der Waals surface area contributed by atoms with Crippen molar-refractivity contribution >= 4 is 34.0 Å². The van der Waals surface area contributed by atoms with Gasteiger partial charge < -0.3 is 10.2 Å². The number of aromatic nitrogens is 1. The number of hydrogen-bond donors (Lipinski definition) is 3. The van der Waals surface area contributed by atoms with Crippen LogP contribution in [-0.4, -0.2) is 29.6 Å². The number of aromatic carboxylic acids is 1. The van der Waals surface area contributed by atoms with Gasteiger partial charge in [0.2, 0.25) is 0 Å². The van der Waals surface area contributed by atoms with Crippen LogP contribution < -0.4 is 4.72 Å². The zero-order valence-corrected chi connectivity index (χ0v) is 16.2. The molecule has 0 atom stereocenters. The lowest BCUT2D eigenvalue weighted by Crippen LogP contribution is -2.13. The molecule has 2 aromatic carbocycles. The third-order valence-corrected chi connectivity index (χ3v) is 5.43. The van der Waals surface area contributed by atoms with Crippen LogP contribution in [0.25, 0.3) is 12.2 Å². The standard InChI is InChI=1S/C21H18N2O5S/c1-14-10-11-22-20(12-14)23-29(27,28)17-7-4-15(5-8-17)2-3-16-6-9-19(24)18(13-16)21(25)26/h2-13,24H,1H3,(H,22,23)(H,25,26). The summed E-state index contributed by atoms with van der Waals surface area (Å²) in [6.45, 7) is 1.84. The summed E-state index contributed by atoms with van der Waals surface area (Å²) in [5.74, 6) is -1.28. The van der Waals surface area contributed by atoms with Crippen molar-refractivity contribution in [1.82, 2.24) is 4.98 Å². The fourth-order valence-corrected chi connectivity index (χ4v) is 3.57. The predicted molar refractivity (Wildman–Crippen MR) is 110 cm³/mol. The molecule has 3 N–H and O–H groups in total. The van der Waals surface area contributed by atoms with E-state index >= 15 is 0 Å². The van der Waals surface area contributed by atoms with E-state index < -0.39 is 16.0 Å². The highest BCUT2D eigenvalue weighted by Crippen LogP contribution is 2.21. The smallest absolute Gasteiger partial charge is 0.339 e. The first kappa shape index (κ1) is 20.1. The normalized spacial score (nSPS) is 11.5. The van der Waals surface area contributed by atoms with Crippen LogP contribution in [0.4, 0.5) is 5.82 Å². The van der Waals surface area contributed by atoms with E-state index in [-0.39, 0.29) is 22.0 Å². The molecule has 0 bridgehead atoms. The van der Waals surface area contributed by atoms with E-state index in [1.807, 2.05) is 6.92 Å². The van der Waals surface area contributed by atoms with Gasteiger partial charge in [-0.2, -0.15) is 0 Å². The molecule has 0 saturated heterocycles. The largest absolute Gasteiger partial charge is 0.507 e. The number of phenols is 1. The van der Waals surface area contributed by atoms with Crippen molar-refractivity contribution in [2.45, 2.75) is 11.8 Å². The highest BCUT2D eigenvalue weighted by Gasteiger charge is 2.14. The summed E-state index contributed by atoms with van der Waals surface area (Å²) in [5.41, 5.74) is 2.01. The van der Waals surface area contributed by atoms with Crippen molar-refractivity contribution < 1.29 is 23.4 Å². The third-order valence-electron chi connectivity index (χ3n) is 4.06. The third kappa shape index (κ3) is 4.99. The van der Waals surface area contributed by atoms with Crippen molar-refractivity contribution in [2.24, 2.45) is 0 Å². The number of sulfonamides is 1. The molecule has 0 radical (unpaired) electrons. The minimum absolute atomic E-state index is 0.0933. The van der Waals surface area contributed by atoms with E-state index in [1.54, 1.807) is 42.5 Å². The Bertz CT molecular complexity index is 1190. The second kappa shape index (κ2) is 8.15. The molecule has 0 saturated carbocycles. The average molecular weight is 410 g/mol. The number of anilines is 1. The first-order valence-electron chi connectivity index (χ1n) is 8.54. The summed E-state index contributed by atoms with van der Waals surface area (Å²) in [7, 11) is -3.76. The molecular weight excluding hydrogens is 392 g/mol. The van der Waals surface area contributed by atoms with E-state index in [4.69, 9.17) is 5.11 Å². The molecule has 1 aromatic heterocycles. The zero-order valence-electron chi connectivity index (χ0n) is 15.4. The molecule has 148 valence electrons. The van der Waals surface area contributed by atoms with Crippen LogP contribution in [0.1, 0.15) is 27.0 Å². The van der Waals surface area contributed by atoms with Gasteiger partial charge in [-0.3, -0.25) is 4.72 Å². The molecule has 3 rings (SSSR count). The molecule has 29 heavy (non-hydrogen) atoms. The summed E-state index contributed by atoms with van der Waals surface area (Å²) >= 11 is 0. The summed E-state index contributed by atoms with van der Waals surface area (Å²) in [4.78, 5) is 15.2. The van der Waals surface area contributed by atoms with Crippen LogP contribution in [0.3, 0.4) is 0 Å². The highest BCUT2D eigenvalue weighted by atomic mass is 32.2. The molecule has 0 unspecified atom stereocenters. The maximum absolute atomic E-state index is 12.5. The zero-order chi connectivity index (χ0) is 21.0. The van der Waals surface area contributed by atoms with Gasteiger partial charge in [-0.15, -0.1) is 0 Å². The Morgan fingerprint density at radius 2 is 1.66 bits per heavy atom. The Kier molecular flexibility index (Phi) is 5.65. The second-order valence-electron chi connectivity index (χ2n) is 6.31. The van der Waals surface area contributed by atoms with Gasteiger partial charge in [0.1, 0.15) is 17.1 Å². The molecule has 0 aliphatic rings. The number of benzene rings is 2. The van der Waals surface area contributed by atoms with Crippen LogP contribution >= 0.6 is 0 Å². The van der Waals surface area contributed by atoms with Crippen molar-refractivity contribution in [1.29, 1.82) is 0 Å². The van der Waals surface area contributed by atoms with Gasteiger partial charge in [-0.25, -0.2) is 18.2 Å². The molecule has 3 aromatic rings. The molecule has 0 amide bonds. The average Bonchev–Trinajstić information content (AvgIpc) is 2.67. The van der Waals surface area contributed by atoms with Gasteiger partial charge in [0.05, 0.1) is 4.90 Å². The molecule has 7 nitrogen and oxygen atoms in total. The van der Waals surface area contributed by atoms with Crippen molar-refractivity contribution in [2.75, 3.05) is 4.72 Å². The number of aromatic hydroxyl groups is 1. The molecule has 1 heterocycles. The Morgan fingerprint density at radius 3 is 2.31 bits per heavy atom. The van der Waals surface area contributed by atoms with Gasteiger partial charge in [0, 0.05) is 6.20 Å². The topological polar surface area (TPSA) is 117 Å². The van der Waals surface area contributed by atoms with Crippen LogP contribution in [0.5, 0.6) is 5.75 Å². The number of rotatable bonds is 6. The predicted octanol–water partition coefficient (Wildman–Crippen LogP) is 3.77. The van der Waals surface area contributed by atoms with Gasteiger partial charge in [-0.1, -0.05) is 30.4 Å². The molecule has 0 spiro atoms.